The second-order valence-corrected chi connectivity index (χ2v) is 4.49. The van der Waals surface area contributed by atoms with Gasteiger partial charge in [0.05, 0.1) is 6.54 Å². The molecule has 0 radical (unpaired) electrons. The third-order valence-electron chi connectivity index (χ3n) is 3.27. The Kier molecular flexibility index (Phi) is 3.06. The van der Waals surface area contributed by atoms with Gasteiger partial charge in [0.25, 0.3) is 0 Å². The molecule has 6 heteroatoms. The van der Waals surface area contributed by atoms with Gasteiger partial charge in [-0.15, -0.1) is 0 Å². The fourth-order valence-electron chi connectivity index (χ4n) is 2.13. The normalized spacial score (nSPS) is 12.7. The summed E-state index contributed by atoms with van der Waals surface area (Å²) in [4.78, 5) is 24.1. The third-order valence-corrected chi connectivity index (χ3v) is 3.27. The number of benzene rings is 1. The SMILES string of the molecule is CCn1ccn(CC(=O)c2ccc3c(c2)OCO3)c1=O. The molecule has 0 N–H and O–H groups in total. The lowest BCUT2D eigenvalue weighted by Crippen LogP contribution is -2.26. The molecule has 0 saturated heterocycles. The summed E-state index contributed by atoms with van der Waals surface area (Å²) in [5.41, 5.74) is 0.326. The Hall–Kier alpha value is -2.50. The molecule has 1 aromatic heterocycles. The smallest absolute Gasteiger partial charge is 0.328 e. The molecule has 1 aromatic carbocycles. The minimum absolute atomic E-state index is 0.0193. The van der Waals surface area contributed by atoms with Crippen LogP contribution < -0.4 is 15.2 Å². The molecular weight excluding hydrogens is 260 g/mol. The number of rotatable bonds is 4. The van der Waals surface area contributed by atoms with E-state index in [1.165, 1.54) is 4.57 Å². The molecule has 20 heavy (non-hydrogen) atoms. The molecule has 6 nitrogen and oxygen atoms in total. The van der Waals surface area contributed by atoms with Gasteiger partial charge >= 0.3 is 5.69 Å². The van der Waals surface area contributed by atoms with E-state index >= 15 is 0 Å². The van der Waals surface area contributed by atoms with Gasteiger partial charge in [-0.3, -0.25) is 13.9 Å². The van der Waals surface area contributed by atoms with E-state index in [0.717, 1.165) is 0 Å². The molecule has 0 atom stereocenters. The quantitative estimate of drug-likeness (QED) is 0.788. The zero-order valence-electron chi connectivity index (χ0n) is 11.0. The Morgan fingerprint density at radius 2 is 1.95 bits per heavy atom. The number of imidazole rings is 1. The van der Waals surface area contributed by atoms with Gasteiger partial charge in [-0.05, 0) is 25.1 Å². The number of aromatic nitrogens is 2. The summed E-state index contributed by atoms with van der Waals surface area (Å²) in [6.07, 6.45) is 3.30. The maximum atomic E-state index is 12.2. The lowest BCUT2D eigenvalue weighted by Gasteiger charge is -2.03. The molecule has 1 aliphatic rings. The number of hydrogen-bond acceptors (Lipinski definition) is 4. The fraction of sp³-hybridized carbons (Fsp3) is 0.286. The highest BCUT2D eigenvalue weighted by Gasteiger charge is 2.17. The molecule has 3 rings (SSSR count). The summed E-state index contributed by atoms with van der Waals surface area (Å²) in [6.45, 7) is 2.66. The largest absolute Gasteiger partial charge is 0.454 e. The molecule has 2 heterocycles. The Bertz CT molecular complexity index is 714. The van der Waals surface area contributed by atoms with Crippen molar-refractivity contribution in [3.05, 3.63) is 46.6 Å². The summed E-state index contributed by atoms with van der Waals surface area (Å²) in [5, 5.41) is 0. The van der Waals surface area contributed by atoms with Gasteiger partial charge in [0.1, 0.15) is 0 Å². The lowest BCUT2D eigenvalue weighted by molar-refractivity contribution is 0.0970. The fourth-order valence-corrected chi connectivity index (χ4v) is 2.13. The standard InChI is InChI=1S/C14H14N2O4/c1-2-15-5-6-16(14(15)18)8-11(17)10-3-4-12-13(7-10)20-9-19-12/h3-7H,2,8-9H2,1H3. The second kappa shape index (κ2) is 4.88. The molecule has 2 aromatic rings. The van der Waals surface area contributed by atoms with Crippen molar-refractivity contribution in [3.63, 3.8) is 0 Å². The van der Waals surface area contributed by atoms with Gasteiger partial charge in [-0.25, -0.2) is 4.79 Å². The van der Waals surface area contributed by atoms with E-state index in [4.69, 9.17) is 9.47 Å². The monoisotopic (exact) mass is 274 g/mol. The molecule has 104 valence electrons. The van der Waals surface area contributed by atoms with Gasteiger partial charge < -0.3 is 9.47 Å². The van der Waals surface area contributed by atoms with Crippen molar-refractivity contribution in [2.24, 2.45) is 0 Å². The molecule has 0 unspecified atom stereocenters. The average Bonchev–Trinajstić information content (AvgIpc) is 3.05. The van der Waals surface area contributed by atoms with Gasteiger partial charge in [0, 0.05) is 24.5 Å². The van der Waals surface area contributed by atoms with Crippen LogP contribution in [0.5, 0.6) is 11.5 Å². The van der Waals surface area contributed by atoms with Crippen LogP contribution in [0, 0.1) is 0 Å². The maximum absolute atomic E-state index is 12.2. The summed E-state index contributed by atoms with van der Waals surface area (Å²) in [5.74, 6) is 1.06. The van der Waals surface area contributed by atoms with E-state index in [9.17, 15) is 9.59 Å². The third kappa shape index (κ3) is 2.09. The summed E-state index contributed by atoms with van der Waals surface area (Å²) in [7, 11) is 0. The first kappa shape index (κ1) is 12.5. The van der Waals surface area contributed by atoms with Crippen LogP contribution in [0.25, 0.3) is 0 Å². The van der Waals surface area contributed by atoms with Gasteiger partial charge in [-0.1, -0.05) is 0 Å². The van der Waals surface area contributed by atoms with Crippen LogP contribution in [0.15, 0.2) is 35.4 Å². The van der Waals surface area contributed by atoms with Crippen molar-refractivity contribution in [2.45, 2.75) is 20.0 Å². The van der Waals surface area contributed by atoms with E-state index in [2.05, 4.69) is 0 Å². The maximum Gasteiger partial charge on any atom is 0.328 e. The minimum atomic E-state index is -0.179. The Morgan fingerprint density at radius 3 is 2.70 bits per heavy atom. The molecular formula is C14H14N2O4. The zero-order chi connectivity index (χ0) is 14.1. The molecule has 1 aliphatic heterocycles. The molecule has 0 bridgehead atoms. The van der Waals surface area contributed by atoms with Crippen molar-refractivity contribution in [2.75, 3.05) is 6.79 Å². The van der Waals surface area contributed by atoms with E-state index < -0.39 is 0 Å². The van der Waals surface area contributed by atoms with Crippen LogP contribution >= 0.6 is 0 Å². The summed E-state index contributed by atoms with van der Waals surface area (Å²) in [6, 6.07) is 5.03. The van der Waals surface area contributed by atoms with E-state index in [1.54, 1.807) is 35.2 Å². The van der Waals surface area contributed by atoms with Crippen LogP contribution in [0.3, 0.4) is 0 Å². The Labute approximate surface area is 115 Å². The van der Waals surface area contributed by atoms with Crippen molar-refractivity contribution in [1.29, 1.82) is 0 Å². The molecule has 0 fully saturated rings. The minimum Gasteiger partial charge on any atom is -0.454 e. The van der Waals surface area contributed by atoms with Crippen molar-refractivity contribution >= 4 is 5.78 Å². The number of aryl methyl sites for hydroxylation is 1. The number of carbonyl (C=O) groups is 1. The Balaban J connectivity index is 1.82. The molecule has 0 aliphatic carbocycles. The van der Waals surface area contributed by atoms with Crippen LogP contribution in [-0.2, 0) is 13.1 Å². The number of ketones is 1. The van der Waals surface area contributed by atoms with Gasteiger partial charge in [-0.2, -0.15) is 0 Å². The highest BCUT2D eigenvalue weighted by Crippen LogP contribution is 2.32. The average molecular weight is 274 g/mol. The van der Waals surface area contributed by atoms with Crippen molar-refractivity contribution < 1.29 is 14.3 Å². The zero-order valence-corrected chi connectivity index (χ0v) is 11.0. The summed E-state index contributed by atoms with van der Waals surface area (Å²) >= 11 is 0. The first-order valence-electron chi connectivity index (χ1n) is 6.37. The number of fused-ring (bicyclic) bond motifs is 1. The topological polar surface area (TPSA) is 62.5 Å². The number of carbonyl (C=O) groups excluding carboxylic acids is 1. The van der Waals surface area contributed by atoms with E-state index in [1.807, 2.05) is 6.92 Å². The lowest BCUT2D eigenvalue weighted by atomic mass is 10.1. The molecule has 0 saturated carbocycles. The van der Waals surface area contributed by atoms with E-state index in [0.29, 0.717) is 23.6 Å². The van der Waals surface area contributed by atoms with Crippen LogP contribution in [-0.4, -0.2) is 21.7 Å². The van der Waals surface area contributed by atoms with Crippen molar-refractivity contribution in [1.82, 2.24) is 9.13 Å². The molecule has 0 spiro atoms. The first-order chi connectivity index (χ1) is 9.69. The first-order valence-corrected chi connectivity index (χ1v) is 6.37. The van der Waals surface area contributed by atoms with Crippen LogP contribution in [0.2, 0.25) is 0 Å². The highest BCUT2D eigenvalue weighted by molar-refractivity contribution is 5.96. The highest BCUT2D eigenvalue weighted by atomic mass is 16.7. The van der Waals surface area contributed by atoms with Crippen LogP contribution in [0.1, 0.15) is 17.3 Å². The number of hydrogen-bond donors (Lipinski definition) is 0. The number of nitrogens with zero attached hydrogens (tertiary/aromatic N) is 2. The predicted octanol–water partition coefficient (Wildman–Crippen LogP) is 1.28. The Morgan fingerprint density at radius 1 is 1.20 bits per heavy atom. The van der Waals surface area contributed by atoms with Gasteiger partial charge in [0.15, 0.2) is 17.3 Å². The van der Waals surface area contributed by atoms with E-state index in [-0.39, 0.29) is 24.8 Å². The van der Waals surface area contributed by atoms with Crippen molar-refractivity contribution in [3.8, 4) is 11.5 Å². The van der Waals surface area contributed by atoms with Gasteiger partial charge in [0.2, 0.25) is 6.79 Å². The number of ether oxygens (including phenoxy) is 2. The summed E-state index contributed by atoms with van der Waals surface area (Å²) < 4.78 is 13.4. The van der Waals surface area contributed by atoms with Crippen LogP contribution in [0.4, 0.5) is 0 Å². The molecule has 0 amide bonds. The predicted molar refractivity (Wildman–Crippen MR) is 71.3 cm³/mol. The second-order valence-electron chi connectivity index (χ2n) is 4.49. The number of Topliss-reactive ketones (excluding diaryl/α,β-unsaturated/α-hetero) is 1.